The van der Waals surface area contributed by atoms with E-state index in [-0.39, 0.29) is 23.0 Å². The van der Waals surface area contributed by atoms with Crippen molar-refractivity contribution < 1.29 is 17.8 Å². The molecular weight excluding hydrogens is 422 g/mol. The van der Waals surface area contributed by atoms with E-state index in [9.17, 15) is 17.8 Å². The van der Waals surface area contributed by atoms with Crippen LogP contribution in [0.25, 0.3) is 0 Å². The fraction of sp³-hybridized carbons (Fsp3) is 0.227. The molecule has 0 aliphatic carbocycles. The van der Waals surface area contributed by atoms with E-state index in [1.54, 1.807) is 35.5 Å². The van der Waals surface area contributed by atoms with E-state index in [0.29, 0.717) is 23.7 Å². The summed E-state index contributed by atoms with van der Waals surface area (Å²) in [7, 11) is -1.63. The van der Waals surface area contributed by atoms with E-state index in [1.165, 1.54) is 24.4 Å². The second-order valence-corrected chi connectivity index (χ2v) is 8.81. The number of amides is 2. The topological polar surface area (TPSA) is 75.2 Å². The number of rotatable bonds is 5. The van der Waals surface area contributed by atoms with Gasteiger partial charge in [0.15, 0.2) is 0 Å². The maximum absolute atomic E-state index is 13.5. The number of halogens is 2. The lowest BCUT2D eigenvalue weighted by atomic mass is 10.1. The summed E-state index contributed by atoms with van der Waals surface area (Å²) in [6.07, 6.45) is 4.91. The normalized spacial score (nSPS) is 14.2. The number of aromatic nitrogens is 2. The number of hydrogen-bond donors (Lipinski definition) is 1. The zero-order valence-electron chi connectivity index (χ0n) is 16.7. The molecule has 31 heavy (non-hydrogen) atoms. The van der Waals surface area contributed by atoms with E-state index >= 15 is 0 Å². The Hall–Kier alpha value is -3.20. The molecule has 1 N–H and O–H groups in total. The average Bonchev–Trinajstić information content (AvgIpc) is 3.21. The van der Waals surface area contributed by atoms with Gasteiger partial charge in [-0.2, -0.15) is 0 Å². The zero-order valence-corrected chi connectivity index (χ0v) is 17.5. The summed E-state index contributed by atoms with van der Waals surface area (Å²) in [4.78, 5) is 23.1. The van der Waals surface area contributed by atoms with Crippen LogP contribution in [-0.4, -0.2) is 25.1 Å². The Bertz CT molecular complexity index is 1110. The minimum atomic E-state index is -3.01. The number of nitrogens with zero attached hydrogens (tertiary/aromatic N) is 3. The fourth-order valence-electron chi connectivity index (χ4n) is 3.29. The van der Waals surface area contributed by atoms with Crippen molar-refractivity contribution in [2.24, 2.45) is 0 Å². The number of fused-ring (bicyclic) bond motifs is 1. The molecule has 9 heteroatoms. The largest absolute Gasteiger partial charge is 0.332 e. The van der Waals surface area contributed by atoms with Crippen molar-refractivity contribution >= 4 is 16.8 Å². The summed E-state index contributed by atoms with van der Waals surface area (Å²) >= 11 is 0. The summed E-state index contributed by atoms with van der Waals surface area (Å²) in [5.41, 5.74) is 2.53. The van der Waals surface area contributed by atoms with Crippen LogP contribution in [-0.2, 0) is 36.4 Å². The lowest BCUT2D eigenvalue weighted by Gasteiger charge is -2.16. The minimum absolute atomic E-state index is 0.189. The van der Waals surface area contributed by atoms with E-state index in [1.807, 2.05) is 6.07 Å². The van der Waals surface area contributed by atoms with Crippen molar-refractivity contribution in [2.75, 3.05) is 0 Å². The predicted octanol–water partition coefficient (Wildman–Crippen LogP) is 3.98. The first-order valence-electron chi connectivity index (χ1n) is 9.61. The maximum Gasteiger partial charge on any atom is 0.318 e. The molecule has 0 saturated carbocycles. The number of benzene rings is 1. The summed E-state index contributed by atoms with van der Waals surface area (Å²) < 4.78 is 39.8. The SMILES string of the molecule is CC(F)(F)c1cccc(S(=O)c2ccc(CNC(=O)N3Cc4ccncc4C3)nc2)c1. The first kappa shape index (κ1) is 21.0. The van der Waals surface area contributed by atoms with Gasteiger partial charge in [-0.3, -0.25) is 9.97 Å². The molecule has 2 aromatic heterocycles. The Morgan fingerprint density at radius 1 is 1.13 bits per heavy atom. The standard InChI is InChI=1S/C22H20F2N4O2S/c1-22(23,24)17-3-2-4-19(9-17)31(30)20-6-5-18(26-12-20)11-27-21(29)28-13-15-7-8-25-10-16(15)14-28/h2-10,12H,11,13-14H2,1H3,(H,27,29). The number of alkyl halides is 2. The number of carbonyl (C=O) groups is 1. The highest BCUT2D eigenvalue weighted by Gasteiger charge is 2.25. The van der Waals surface area contributed by atoms with Crippen LogP contribution in [0, 0.1) is 0 Å². The molecule has 0 radical (unpaired) electrons. The summed E-state index contributed by atoms with van der Waals surface area (Å²) in [6.45, 7) is 2.06. The molecule has 1 unspecified atom stereocenters. The molecule has 4 rings (SSSR count). The third-order valence-corrected chi connectivity index (χ3v) is 6.35. The zero-order chi connectivity index (χ0) is 22.0. The molecule has 6 nitrogen and oxygen atoms in total. The fourth-order valence-corrected chi connectivity index (χ4v) is 4.34. The first-order chi connectivity index (χ1) is 14.8. The van der Waals surface area contributed by atoms with Crippen LogP contribution in [0.4, 0.5) is 13.6 Å². The van der Waals surface area contributed by atoms with Crippen molar-refractivity contribution in [1.29, 1.82) is 0 Å². The van der Waals surface area contributed by atoms with Crippen molar-refractivity contribution in [1.82, 2.24) is 20.2 Å². The lowest BCUT2D eigenvalue weighted by Crippen LogP contribution is -2.36. The van der Waals surface area contributed by atoms with Crippen molar-refractivity contribution in [3.8, 4) is 0 Å². The van der Waals surface area contributed by atoms with Gasteiger partial charge in [-0.25, -0.2) is 17.8 Å². The third-order valence-electron chi connectivity index (χ3n) is 5.00. The molecule has 1 aliphatic heterocycles. The van der Waals surface area contributed by atoms with Crippen LogP contribution in [0.3, 0.4) is 0 Å². The number of hydrogen-bond acceptors (Lipinski definition) is 4. The van der Waals surface area contributed by atoms with Gasteiger partial charge in [0, 0.05) is 49.1 Å². The molecule has 1 aromatic carbocycles. The van der Waals surface area contributed by atoms with Gasteiger partial charge in [-0.1, -0.05) is 12.1 Å². The van der Waals surface area contributed by atoms with Gasteiger partial charge in [0.2, 0.25) is 0 Å². The number of carbonyl (C=O) groups excluding carboxylic acids is 1. The quantitative estimate of drug-likeness (QED) is 0.649. The van der Waals surface area contributed by atoms with Crippen LogP contribution in [0.15, 0.2) is 70.8 Å². The van der Waals surface area contributed by atoms with Crippen LogP contribution in [0.5, 0.6) is 0 Å². The van der Waals surface area contributed by atoms with Crippen LogP contribution in [0.1, 0.15) is 29.3 Å². The summed E-state index contributed by atoms with van der Waals surface area (Å²) in [5, 5.41) is 2.83. The number of nitrogens with one attached hydrogen (secondary N) is 1. The Morgan fingerprint density at radius 3 is 2.65 bits per heavy atom. The van der Waals surface area contributed by atoms with E-state index < -0.39 is 16.7 Å². The Kier molecular flexibility index (Phi) is 5.77. The highest BCUT2D eigenvalue weighted by atomic mass is 32.2. The van der Waals surface area contributed by atoms with Crippen molar-refractivity contribution in [3.05, 3.63) is 83.4 Å². The smallest absolute Gasteiger partial charge is 0.318 e. The minimum Gasteiger partial charge on any atom is -0.332 e. The molecule has 0 bridgehead atoms. The van der Waals surface area contributed by atoms with Crippen molar-refractivity contribution in [2.45, 2.75) is 42.3 Å². The van der Waals surface area contributed by atoms with Crippen LogP contribution in [0.2, 0.25) is 0 Å². The molecule has 1 atom stereocenters. The molecule has 0 fully saturated rings. The van der Waals surface area contributed by atoms with Gasteiger partial charge in [-0.15, -0.1) is 0 Å². The molecule has 2 amide bonds. The number of pyridine rings is 2. The van der Waals surface area contributed by atoms with Crippen LogP contribution >= 0.6 is 0 Å². The van der Waals surface area contributed by atoms with Gasteiger partial charge in [0.05, 0.1) is 27.9 Å². The van der Waals surface area contributed by atoms with E-state index in [0.717, 1.165) is 18.1 Å². The molecule has 3 aromatic rings. The monoisotopic (exact) mass is 442 g/mol. The van der Waals surface area contributed by atoms with Gasteiger partial charge < -0.3 is 10.2 Å². The summed E-state index contributed by atoms with van der Waals surface area (Å²) in [5.74, 6) is -3.01. The van der Waals surface area contributed by atoms with E-state index in [2.05, 4.69) is 15.3 Å². The summed E-state index contributed by atoms with van der Waals surface area (Å²) in [6, 6.07) is 10.5. The third kappa shape index (κ3) is 4.77. The molecule has 0 saturated heterocycles. The maximum atomic E-state index is 13.5. The Balaban J connectivity index is 1.37. The van der Waals surface area contributed by atoms with E-state index in [4.69, 9.17) is 0 Å². The Labute approximate surface area is 180 Å². The highest BCUT2D eigenvalue weighted by molar-refractivity contribution is 7.85. The average molecular weight is 442 g/mol. The lowest BCUT2D eigenvalue weighted by molar-refractivity contribution is 0.0172. The van der Waals surface area contributed by atoms with Gasteiger partial charge >= 0.3 is 6.03 Å². The molecule has 3 heterocycles. The Morgan fingerprint density at radius 2 is 1.94 bits per heavy atom. The van der Waals surface area contributed by atoms with Crippen molar-refractivity contribution in [3.63, 3.8) is 0 Å². The highest BCUT2D eigenvalue weighted by Crippen LogP contribution is 2.29. The molecular formula is C22H20F2N4O2S. The predicted molar refractivity (Wildman–Crippen MR) is 111 cm³/mol. The molecule has 0 spiro atoms. The second kappa shape index (κ2) is 8.50. The molecule has 160 valence electrons. The van der Waals surface area contributed by atoms with Gasteiger partial charge in [-0.05, 0) is 41.5 Å². The molecule has 1 aliphatic rings. The first-order valence-corrected chi connectivity index (χ1v) is 10.8. The number of urea groups is 1. The van der Waals surface area contributed by atoms with Gasteiger partial charge in [0.1, 0.15) is 0 Å². The second-order valence-electron chi connectivity index (χ2n) is 7.33. The van der Waals surface area contributed by atoms with Gasteiger partial charge in [0.25, 0.3) is 5.92 Å². The van der Waals surface area contributed by atoms with Crippen LogP contribution < -0.4 is 5.32 Å².